The Hall–Kier alpha value is -3.72. The van der Waals surface area contributed by atoms with E-state index in [2.05, 4.69) is 26.5 Å². The fraction of sp³-hybridized carbons (Fsp3) is 0. The maximum atomic E-state index is 9.10. The van der Waals surface area contributed by atoms with E-state index in [1.807, 2.05) is 48.7 Å². The first-order chi connectivity index (χ1) is 11.9. The van der Waals surface area contributed by atoms with E-state index in [9.17, 15) is 0 Å². The highest BCUT2D eigenvalue weighted by Crippen LogP contribution is 2.19. The van der Waals surface area contributed by atoms with Gasteiger partial charge in [-0.05, 0) is 24.3 Å². The lowest BCUT2D eigenvalue weighted by Crippen LogP contribution is -1.96. The number of nitrogens with zero attached hydrogens (tertiary/aromatic N) is 5. The van der Waals surface area contributed by atoms with Crippen LogP contribution >= 0.6 is 0 Å². The summed E-state index contributed by atoms with van der Waals surface area (Å²) in [5.41, 5.74) is 3.64. The van der Waals surface area contributed by atoms with E-state index in [4.69, 9.17) is 5.26 Å². The van der Waals surface area contributed by atoms with Crippen LogP contribution in [0.1, 0.15) is 11.3 Å². The molecular weight excluding hydrogens is 300 g/mol. The molecule has 0 amide bonds. The molecule has 0 aliphatic rings. The summed E-state index contributed by atoms with van der Waals surface area (Å²) in [5.74, 6) is 0. The molecule has 0 aliphatic heterocycles. The zero-order valence-electron chi connectivity index (χ0n) is 12.6. The van der Waals surface area contributed by atoms with E-state index in [0.29, 0.717) is 11.2 Å². The predicted molar refractivity (Wildman–Crippen MR) is 92.1 cm³/mol. The Kier molecular flexibility index (Phi) is 3.37. The van der Waals surface area contributed by atoms with Gasteiger partial charge in [-0.25, -0.2) is 9.50 Å². The fourth-order valence-corrected chi connectivity index (χ4v) is 2.53. The van der Waals surface area contributed by atoms with Crippen LogP contribution in [0, 0.1) is 11.3 Å². The molecule has 3 aromatic heterocycles. The molecule has 6 heteroatoms. The molecule has 0 bridgehead atoms. The highest BCUT2D eigenvalue weighted by Gasteiger charge is 2.09. The van der Waals surface area contributed by atoms with Gasteiger partial charge >= 0.3 is 0 Å². The van der Waals surface area contributed by atoms with E-state index in [-0.39, 0.29) is 0 Å². The fourth-order valence-electron chi connectivity index (χ4n) is 2.53. The molecular formula is C18H12N6. The summed E-state index contributed by atoms with van der Waals surface area (Å²) in [6, 6.07) is 13.8. The minimum Gasteiger partial charge on any atom is -0.362 e. The number of rotatable bonds is 3. The molecule has 0 fully saturated rings. The molecule has 4 rings (SSSR count). The second kappa shape index (κ2) is 5.82. The minimum atomic E-state index is 0.455. The Morgan fingerprint density at radius 1 is 1.08 bits per heavy atom. The lowest BCUT2D eigenvalue weighted by molar-refractivity contribution is 0.981. The van der Waals surface area contributed by atoms with Crippen molar-refractivity contribution < 1.29 is 0 Å². The minimum absolute atomic E-state index is 0.455. The molecule has 0 saturated heterocycles. The Bertz CT molecular complexity index is 1090. The molecule has 6 nitrogen and oxygen atoms in total. The van der Waals surface area contributed by atoms with Gasteiger partial charge in [-0.3, -0.25) is 4.98 Å². The third-order valence-corrected chi connectivity index (χ3v) is 3.67. The summed E-state index contributed by atoms with van der Waals surface area (Å²) in [7, 11) is 0. The SMILES string of the molecule is N#Cc1cnn2c1ncc1c(/C=C\Nc3ccccc3)nccc12. The molecule has 24 heavy (non-hydrogen) atoms. The average Bonchev–Trinajstić information content (AvgIpc) is 3.06. The van der Waals surface area contributed by atoms with Gasteiger partial charge in [0.25, 0.3) is 0 Å². The number of fused-ring (bicyclic) bond motifs is 3. The predicted octanol–water partition coefficient (Wildman–Crippen LogP) is 3.23. The number of aromatic nitrogens is 4. The summed E-state index contributed by atoms with van der Waals surface area (Å²) >= 11 is 0. The Morgan fingerprint density at radius 2 is 1.96 bits per heavy atom. The second-order valence-corrected chi connectivity index (χ2v) is 5.14. The number of nitrogens with one attached hydrogen (secondary N) is 1. The number of benzene rings is 1. The van der Waals surface area contributed by atoms with E-state index in [1.165, 1.54) is 6.20 Å². The summed E-state index contributed by atoms with van der Waals surface area (Å²) < 4.78 is 1.66. The summed E-state index contributed by atoms with van der Waals surface area (Å²) in [6.45, 7) is 0. The summed E-state index contributed by atoms with van der Waals surface area (Å²) in [6.07, 6.45) is 8.69. The standard InChI is InChI=1S/C18H12N6/c19-10-13-11-23-24-17-7-9-21-16(15(17)12-22-18(13)24)6-8-20-14-4-2-1-3-5-14/h1-9,11-12,20H/b8-6-. The number of anilines is 1. The van der Waals surface area contributed by atoms with Crippen molar-refractivity contribution in [2.45, 2.75) is 0 Å². The van der Waals surface area contributed by atoms with Crippen molar-refractivity contribution in [1.82, 2.24) is 19.6 Å². The first-order valence-electron chi connectivity index (χ1n) is 7.36. The number of hydrogen-bond donors (Lipinski definition) is 1. The monoisotopic (exact) mass is 312 g/mol. The Morgan fingerprint density at radius 3 is 2.79 bits per heavy atom. The molecule has 0 aliphatic carbocycles. The van der Waals surface area contributed by atoms with Gasteiger partial charge in [-0.15, -0.1) is 0 Å². The van der Waals surface area contributed by atoms with Crippen LogP contribution in [-0.2, 0) is 0 Å². The van der Waals surface area contributed by atoms with Crippen molar-refractivity contribution in [3.05, 3.63) is 72.4 Å². The summed E-state index contributed by atoms with van der Waals surface area (Å²) in [5, 5.41) is 17.4. The highest BCUT2D eigenvalue weighted by atomic mass is 15.2. The van der Waals surface area contributed by atoms with Gasteiger partial charge in [0.15, 0.2) is 5.65 Å². The van der Waals surface area contributed by atoms with Crippen molar-refractivity contribution in [2.75, 3.05) is 5.32 Å². The topological polar surface area (TPSA) is 78.9 Å². The van der Waals surface area contributed by atoms with Crippen LogP contribution in [-0.4, -0.2) is 19.6 Å². The number of pyridine rings is 1. The maximum Gasteiger partial charge on any atom is 0.173 e. The lowest BCUT2D eigenvalue weighted by atomic mass is 10.2. The summed E-state index contributed by atoms with van der Waals surface area (Å²) in [4.78, 5) is 8.75. The van der Waals surface area contributed by atoms with Crippen LogP contribution in [0.3, 0.4) is 0 Å². The largest absolute Gasteiger partial charge is 0.362 e. The molecule has 1 aromatic carbocycles. The molecule has 0 atom stereocenters. The Balaban J connectivity index is 1.75. The van der Waals surface area contributed by atoms with E-state index >= 15 is 0 Å². The first kappa shape index (κ1) is 13.9. The Labute approximate surface area is 137 Å². The third kappa shape index (κ3) is 2.34. The highest BCUT2D eigenvalue weighted by molar-refractivity contribution is 5.87. The van der Waals surface area contributed by atoms with Crippen LogP contribution < -0.4 is 5.32 Å². The number of hydrogen-bond acceptors (Lipinski definition) is 5. The van der Waals surface area contributed by atoms with Crippen molar-refractivity contribution >= 4 is 28.3 Å². The average molecular weight is 312 g/mol. The first-order valence-corrected chi connectivity index (χ1v) is 7.36. The van der Waals surface area contributed by atoms with Gasteiger partial charge in [0.2, 0.25) is 0 Å². The van der Waals surface area contributed by atoms with Crippen molar-refractivity contribution in [3.8, 4) is 6.07 Å². The van der Waals surface area contributed by atoms with Crippen LogP contribution in [0.15, 0.2) is 61.2 Å². The number of para-hydroxylation sites is 1. The van der Waals surface area contributed by atoms with Crippen LogP contribution in [0.5, 0.6) is 0 Å². The van der Waals surface area contributed by atoms with Crippen molar-refractivity contribution in [2.24, 2.45) is 0 Å². The van der Waals surface area contributed by atoms with Crippen molar-refractivity contribution in [1.29, 1.82) is 5.26 Å². The zero-order chi connectivity index (χ0) is 16.4. The van der Waals surface area contributed by atoms with E-state index in [0.717, 1.165) is 22.3 Å². The van der Waals surface area contributed by atoms with Crippen LogP contribution in [0.25, 0.3) is 22.6 Å². The van der Waals surface area contributed by atoms with Crippen LogP contribution in [0.2, 0.25) is 0 Å². The van der Waals surface area contributed by atoms with Gasteiger partial charge in [0, 0.05) is 29.7 Å². The number of nitriles is 1. The van der Waals surface area contributed by atoms with Gasteiger partial charge in [-0.2, -0.15) is 10.4 Å². The van der Waals surface area contributed by atoms with E-state index in [1.54, 1.807) is 16.9 Å². The third-order valence-electron chi connectivity index (χ3n) is 3.67. The lowest BCUT2D eigenvalue weighted by Gasteiger charge is -2.04. The smallest absolute Gasteiger partial charge is 0.173 e. The molecule has 114 valence electrons. The van der Waals surface area contributed by atoms with Gasteiger partial charge in [-0.1, -0.05) is 18.2 Å². The second-order valence-electron chi connectivity index (χ2n) is 5.14. The van der Waals surface area contributed by atoms with E-state index < -0.39 is 0 Å². The molecule has 1 N–H and O–H groups in total. The van der Waals surface area contributed by atoms with Gasteiger partial charge in [0.1, 0.15) is 11.6 Å². The quantitative estimate of drug-likeness (QED) is 0.628. The molecule has 4 aromatic rings. The zero-order valence-corrected chi connectivity index (χ0v) is 12.6. The maximum absolute atomic E-state index is 9.10. The normalized spacial score (nSPS) is 11.1. The van der Waals surface area contributed by atoms with Gasteiger partial charge in [0.05, 0.1) is 17.4 Å². The van der Waals surface area contributed by atoms with Crippen molar-refractivity contribution in [3.63, 3.8) is 0 Å². The molecule has 3 heterocycles. The van der Waals surface area contributed by atoms with Gasteiger partial charge < -0.3 is 5.32 Å². The van der Waals surface area contributed by atoms with Crippen LogP contribution in [0.4, 0.5) is 5.69 Å². The molecule has 0 unspecified atom stereocenters. The molecule has 0 radical (unpaired) electrons. The molecule has 0 saturated carbocycles. The molecule has 0 spiro atoms.